The van der Waals surface area contributed by atoms with E-state index >= 15 is 0 Å². The van der Waals surface area contributed by atoms with Crippen molar-refractivity contribution in [3.05, 3.63) is 52.8 Å². The Balaban J connectivity index is 1.77. The van der Waals surface area contributed by atoms with Crippen LogP contribution >= 0.6 is 0 Å². The van der Waals surface area contributed by atoms with Crippen LogP contribution in [0.2, 0.25) is 0 Å². The number of nitrogens with zero attached hydrogens (tertiary/aromatic N) is 3. The lowest BCUT2D eigenvalue weighted by Gasteiger charge is -2.35. The van der Waals surface area contributed by atoms with Gasteiger partial charge in [-0.15, -0.1) is 0 Å². The molecule has 144 valence electrons. The molecular formula is C20H26N4O3. The summed E-state index contributed by atoms with van der Waals surface area (Å²) in [4.78, 5) is 26.6. The molecule has 7 heteroatoms. The van der Waals surface area contributed by atoms with E-state index in [1.165, 1.54) is 0 Å². The molecule has 2 heterocycles. The molecule has 0 saturated carbocycles. The first kappa shape index (κ1) is 19.1. The van der Waals surface area contributed by atoms with Crippen LogP contribution in [0.5, 0.6) is 0 Å². The van der Waals surface area contributed by atoms with Gasteiger partial charge in [0.2, 0.25) is 5.91 Å². The molecule has 1 aliphatic rings. The fourth-order valence-corrected chi connectivity index (χ4v) is 3.38. The quantitative estimate of drug-likeness (QED) is 0.866. The van der Waals surface area contributed by atoms with Gasteiger partial charge in [0.05, 0.1) is 31.5 Å². The Morgan fingerprint density at radius 1 is 1.30 bits per heavy atom. The summed E-state index contributed by atoms with van der Waals surface area (Å²) in [6.45, 7) is 5.96. The largest absolute Gasteiger partial charge is 0.377 e. The number of aryl methyl sites for hydroxylation is 2. The molecule has 0 spiro atoms. The van der Waals surface area contributed by atoms with Crippen LogP contribution < -0.4 is 5.32 Å². The summed E-state index contributed by atoms with van der Waals surface area (Å²) < 4.78 is 7.41. The maximum atomic E-state index is 13.1. The molecule has 1 fully saturated rings. The summed E-state index contributed by atoms with van der Waals surface area (Å²) in [5.41, 5.74) is 3.70. The van der Waals surface area contributed by atoms with E-state index in [0.717, 1.165) is 17.0 Å². The summed E-state index contributed by atoms with van der Waals surface area (Å²) in [6.07, 6.45) is 0.244. The highest BCUT2D eigenvalue weighted by Gasteiger charge is 2.29. The number of benzene rings is 1. The molecule has 3 rings (SSSR count). The van der Waals surface area contributed by atoms with Crippen molar-refractivity contribution in [2.75, 3.05) is 26.8 Å². The zero-order valence-electron chi connectivity index (χ0n) is 16.1. The smallest absolute Gasteiger partial charge is 0.254 e. The predicted molar refractivity (Wildman–Crippen MR) is 102 cm³/mol. The minimum atomic E-state index is -0.245. The lowest BCUT2D eigenvalue weighted by molar-refractivity contribution is -0.123. The number of carbonyl (C=O) groups excluding carboxylic acids is 2. The Kier molecular flexibility index (Phi) is 5.91. The van der Waals surface area contributed by atoms with Crippen molar-refractivity contribution in [3.8, 4) is 0 Å². The van der Waals surface area contributed by atoms with E-state index in [4.69, 9.17) is 4.74 Å². The molecule has 2 amide bonds. The molecule has 0 unspecified atom stereocenters. The lowest BCUT2D eigenvalue weighted by Crippen LogP contribution is -2.50. The van der Waals surface area contributed by atoms with Crippen molar-refractivity contribution in [2.45, 2.75) is 32.9 Å². The molecule has 0 aliphatic carbocycles. The van der Waals surface area contributed by atoms with Gasteiger partial charge in [-0.05, 0) is 37.6 Å². The van der Waals surface area contributed by atoms with E-state index in [9.17, 15) is 9.59 Å². The summed E-state index contributed by atoms with van der Waals surface area (Å²) in [7, 11) is 1.60. The Labute approximate surface area is 159 Å². The monoisotopic (exact) mass is 370 g/mol. The highest BCUT2D eigenvalue weighted by atomic mass is 16.5. The first-order chi connectivity index (χ1) is 13.0. The number of hydrogen-bond acceptors (Lipinski definition) is 4. The number of nitrogens with one attached hydrogen (secondary N) is 1. The first-order valence-corrected chi connectivity index (χ1v) is 9.17. The molecular weight excluding hydrogens is 344 g/mol. The number of hydrogen-bond donors (Lipinski definition) is 1. The number of ether oxygens (including phenoxy) is 1. The third-order valence-corrected chi connectivity index (χ3v) is 4.80. The Hall–Kier alpha value is -2.67. The molecule has 1 atom stereocenters. The minimum Gasteiger partial charge on any atom is -0.377 e. The van der Waals surface area contributed by atoms with E-state index < -0.39 is 0 Å². The molecule has 27 heavy (non-hydrogen) atoms. The lowest BCUT2D eigenvalue weighted by atomic mass is 10.1. The Morgan fingerprint density at radius 2 is 2.11 bits per heavy atom. The van der Waals surface area contributed by atoms with Gasteiger partial charge in [-0.2, -0.15) is 5.10 Å². The zero-order valence-corrected chi connectivity index (χ0v) is 16.1. The van der Waals surface area contributed by atoms with Gasteiger partial charge in [0.25, 0.3) is 5.91 Å². The molecule has 1 N–H and O–H groups in total. The zero-order chi connectivity index (χ0) is 19.4. The summed E-state index contributed by atoms with van der Waals surface area (Å²) in [6, 6.07) is 9.40. The normalized spacial score (nSPS) is 17.0. The molecule has 7 nitrogen and oxygen atoms in total. The number of carbonyl (C=O) groups is 2. The maximum absolute atomic E-state index is 13.1. The van der Waals surface area contributed by atoms with Crippen LogP contribution in [0.15, 0.2) is 30.3 Å². The molecule has 1 saturated heterocycles. The third-order valence-electron chi connectivity index (χ3n) is 4.80. The van der Waals surface area contributed by atoms with Crippen molar-refractivity contribution in [3.63, 3.8) is 0 Å². The molecule has 0 radical (unpaired) electrons. The fourth-order valence-electron chi connectivity index (χ4n) is 3.38. The predicted octanol–water partition coefficient (Wildman–Crippen LogP) is 1.53. The second-order valence-electron chi connectivity index (χ2n) is 6.89. The van der Waals surface area contributed by atoms with Gasteiger partial charge in [-0.3, -0.25) is 14.3 Å². The van der Waals surface area contributed by atoms with Crippen molar-refractivity contribution >= 4 is 11.8 Å². The van der Waals surface area contributed by atoms with E-state index in [0.29, 0.717) is 31.9 Å². The molecule has 1 aromatic heterocycles. The topological polar surface area (TPSA) is 76.5 Å². The molecule has 2 aromatic rings. The van der Waals surface area contributed by atoms with Crippen LogP contribution in [0.3, 0.4) is 0 Å². The fraction of sp³-hybridized carbons (Fsp3) is 0.450. The maximum Gasteiger partial charge on any atom is 0.254 e. The van der Waals surface area contributed by atoms with Gasteiger partial charge >= 0.3 is 0 Å². The van der Waals surface area contributed by atoms with E-state index in [1.807, 2.05) is 48.9 Å². The van der Waals surface area contributed by atoms with Crippen molar-refractivity contribution in [2.24, 2.45) is 0 Å². The van der Waals surface area contributed by atoms with Crippen LogP contribution in [0.25, 0.3) is 0 Å². The molecule has 0 bridgehead atoms. The SMILES string of the molecule is CNC(=O)C[C@@H]1COCCN1C(=O)c1cccc(Cn2nc(C)cc2C)c1. The third kappa shape index (κ3) is 4.54. The number of aromatic nitrogens is 2. The van der Waals surface area contributed by atoms with Gasteiger partial charge in [0.15, 0.2) is 0 Å². The van der Waals surface area contributed by atoms with Gasteiger partial charge in [-0.1, -0.05) is 12.1 Å². The summed E-state index contributed by atoms with van der Waals surface area (Å²) in [5, 5.41) is 7.10. The van der Waals surface area contributed by atoms with Crippen LogP contribution in [0.4, 0.5) is 0 Å². The van der Waals surface area contributed by atoms with Gasteiger partial charge in [0.1, 0.15) is 0 Å². The number of morpholine rings is 1. The van der Waals surface area contributed by atoms with Gasteiger partial charge in [-0.25, -0.2) is 0 Å². The average molecular weight is 370 g/mol. The number of amides is 2. The summed E-state index contributed by atoms with van der Waals surface area (Å²) >= 11 is 0. The van der Waals surface area contributed by atoms with Crippen LogP contribution in [-0.2, 0) is 16.1 Å². The van der Waals surface area contributed by atoms with E-state index in [-0.39, 0.29) is 24.3 Å². The van der Waals surface area contributed by atoms with Crippen LogP contribution in [0.1, 0.15) is 33.7 Å². The van der Waals surface area contributed by atoms with Crippen LogP contribution in [-0.4, -0.2) is 59.3 Å². The Bertz CT molecular complexity index is 830. The minimum absolute atomic E-state index is 0.0672. The second kappa shape index (κ2) is 8.35. The van der Waals surface area contributed by atoms with Gasteiger partial charge < -0.3 is 15.0 Å². The highest BCUT2D eigenvalue weighted by Crippen LogP contribution is 2.17. The van der Waals surface area contributed by atoms with Crippen molar-refractivity contribution in [1.82, 2.24) is 20.0 Å². The van der Waals surface area contributed by atoms with Gasteiger partial charge in [0, 0.05) is 31.3 Å². The summed E-state index contributed by atoms with van der Waals surface area (Å²) in [5.74, 6) is -0.163. The van der Waals surface area contributed by atoms with Crippen molar-refractivity contribution < 1.29 is 14.3 Å². The Morgan fingerprint density at radius 3 is 2.81 bits per heavy atom. The highest BCUT2D eigenvalue weighted by molar-refractivity contribution is 5.95. The second-order valence-corrected chi connectivity index (χ2v) is 6.89. The van der Waals surface area contributed by atoms with Crippen molar-refractivity contribution in [1.29, 1.82) is 0 Å². The standard InChI is InChI=1S/C20H26N4O3/c1-14-9-15(2)24(22-14)12-16-5-4-6-17(10-16)20(26)23-7-8-27-13-18(23)11-19(25)21-3/h4-6,9-10,18H,7-8,11-13H2,1-3H3,(H,21,25)/t18-/m1/s1. The first-order valence-electron chi connectivity index (χ1n) is 9.17. The molecule has 1 aliphatic heterocycles. The number of rotatable bonds is 5. The molecule has 1 aromatic carbocycles. The van der Waals surface area contributed by atoms with E-state index in [1.54, 1.807) is 11.9 Å². The van der Waals surface area contributed by atoms with E-state index in [2.05, 4.69) is 10.4 Å². The van der Waals surface area contributed by atoms with Crippen LogP contribution in [0, 0.1) is 13.8 Å². The average Bonchev–Trinajstić information content (AvgIpc) is 2.98.